The fourth-order valence-corrected chi connectivity index (χ4v) is 3.25. The Balaban J connectivity index is 1.56. The van der Waals surface area contributed by atoms with Crippen LogP contribution in [0.4, 0.5) is 15.8 Å². The van der Waals surface area contributed by atoms with Crippen LogP contribution >= 0.6 is 0 Å². The van der Waals surface area contributed by atoms with Crippen molar-refractivity contribution in [3.8, 4) is 0 Å². The molecule has 1 atom stereocenters. The Morgan fingerprint density at radius 3 is 2.33 bits per heavy atom. The largest absolute Gasteiger partial charge is 0.369 e. The Bertz CT molecular complexity index is 814. The summed E-state index contributed by atoms with van der Waals surface area (Å²) in [6, 6.07) is 13.2. The van der Waals surface area contributed by atoms with Crippen LogP contribution in [0.2, 0.25) is 0 Å². The summed E-state index contributed by atoms with van der Waals surface area (Å²) in [6.45, 7) is 6.45. The summed E-state index contributed by atoms with van der Waals surface area (Å²) in [6.07, 6.45) is 0. The zero-order valence-electron chi connectivity index (χ0n) is 15.6. The van der Waals surface area contributed by atoms with Crippen molar-refractivity contribution in [3.05, 3.63) is 59.9 Å². The van der Waals surface area contributed by atoms with Gasteiger partial charge in [0, 0.05) is 43.1 Å². The van der Waals surface area contributed by atoms with Gasteiger partial charge in [-0.3, -0.25) is 14.5 Å². The molecule has 0 bridgehead atoms. The van der Waals surface area contributed by atoms with Gasteiger partial charge in [0.05, 0.1) is 6.04 Å². The van der Waals surface area contributed by atoms with E-state index in [1.54, 1.807) is 36.4 Å². The molecule has 2 aromatic carbocycles. The average molecular weight is 369 g/mol. The van der Waals surface area contributed by atoms with Crippen LogP contribution in [0.5, 0.6) is 0 Å². The van der Waals surface area contributed by atoms with Gasteiger partial charge in [0.1, 0.15) is 5.82 Å². The second-order valence-corrected chi connectivity index (χ2v) is 6.80. The number of piperazine rings is 1. The van der Waals surface area contributed by atoms with Gasteiger partial charge in [0.15, 0.2) is 5.78 Å². The topological polar surface area (TPSA) is 52.7 Å². The summed E-state index contributed by atoms with van der Waals surface area (Å²) in [5, 5.41) is 2.90. The van der Waals surface area contributed by atoms with Crippen molar-refractivity contribution in [1.82, 2.24) is 4.90 Å². The molecule has 1 aliphatic heterocycles. The highest BCUT2D eigenvalue weighted by molar-refractivity contribution is 5.98. The maximum Gasteiger partial charge on any atom is 0.241 e. The van der Waals surface area contributed by atoms with Crippen LogP contribution in [0.15, 0.2) is 48.5 Å². The minimum Gasteiger partial charge on any atom is -0.369 e. The predicted octanol–water partition coefficient (Wildman–Crippen LogP) is 3.18. The van der Waals surface area contributed by atoms with Crippen molar-refractivity contribution >= 4 is 23.1 Å². The first-order valence-electron chi connectivity index (χ1n) is 9.10. The first kappa shape index (κ1) is 19.0. The van der Waals surface area contributed by atoms with Gasteiger partial charge in [-0.15, -0.1) is 0 Å². The lowest BCUT2D eigenvalue weighted by molar-refractivity contribution is -0.120. The van der Waals surface area contributed by atoms with Crippen LogP contribution in [0.25, 0.3) is 0 Å². The minimum absolute atomic E-state index is 0.0314. The van der Waals surface area contributed by atoms with Crippen molar-refractivity contribution in [3.63, 3.8) is 0 Å². The third-order valence-electron chi connectivity index (χ3n) is 4.97. The lowest BCUT2D eigenvalue weighted by Gasteiger charge is -2.38. The van der Waals surface area contributed by atoms with Gasteiger partial charge < -0.3 is 10.2 Å². The van der Waals surface area contributed by atoms with E-state index < -0.39 is 0 Å². The molecule has 27 heavy (non-hydrogen) atoms. The quantitative estimate of drug-likeness (QED) is 0.823. The molecule has 142 valence electrons. The van der Waals surface area contributed by atoms with E-state index in [2.05, 4.69) is 15.1 Å². The lowest BCUT2D eigenvalue weighted by Crippen LogP contribution is -2.52. The fraction of sp³-hybridized carbons (Fsp3) is 0.333. The highest BCUT2D eigenvalue weighted by atomic mass is 19.1. The van der Waals surface area contributed by atoms with Gasteiger partial charge in [-0.25, -0.2) is 4.39 Å². The number of ketones is 1. The number of hydrogen-bond donors (Lipinski definition) is 1. The molecule has 1 N–H and O–H groups in total. The summed E-state index contributed by atoms with van der Waals surface area (Å²) in [7, 11) is 0. The minimum atomic E-state index is -0.277. The molecular formula is C21H24FN3O2. The number of amides is 1. The number of benzene rings is 2. The number of halogens is 1. The van der Waals surface area contributed by atoms with Gasteiger partial charge in [-0.05, 0) is 50.2 Å². The van der Waals surface area contributed by atoms with Crippen LogP contribution in [0.1, 0.15) is 24.2 Å². The number of carbonyl (C=O) groups is 2. The molecule has 3 rings (SSSR count). The zero-order chi connectivity index (χ0) is 19.4. The van der Waals surface area contributed by atoms with Crippen LogP contribution in [-0.2, 0) is 4.79 Å². The Labute approximate surface area is 158 Å². The Kier molecular flexibility index (Phi) is 5.86. The van der Waals surface area contributed by atoms with Crippen LogP contribution in [0, 0.1) is 5.82 Å². The Morgan fingerprint density at radius 1 is 1.04 bits per heavy atom. The predicted molar refractivity (Wildman–Crippen MR) is 105 cm³/mol. The van der Waals surface area contributed by atoms with E-state index in [-0.39, 0.29) is 23.5 Å². The normalized spacial score (nSPS) is 16.0. The molecule has 0 spiro atoms. The van der Waals surface area contributed by atoms with Gasteiger partial charge >= 0.3 is 0 Å². The fourth-order valence-electron chi connectivity index (χ4n) is 3.25. The van der Waals surface area contributed by atoms with E-state index in [0.29, 0.717) is 11.3 Å². The van der Waals surface area contributed by atoms with Gasteiger partial charge in [0.25, 0.3) is 0 Å². The number of hydrogen-bond acceptors (Lipinski definition) is 4. The van der Waals surface area contributed by atoms with E-state index in [1.807, 2.05) is 6.92 Å². The van der Waals surface area contributed by atoms with E-state index >= 15 is 0 Å². The van der Waals surface area contributed by atoms with Gasteiger partial charge in [0.2, 0.25) is 5.91 Å². The van der Waals surface area contributed by atoms with Crippen molar-refractivity contribution in [1.29, 1.82) is 0 Å². The molecule has 0 saturated carbocycles. The molecule has 1 fully saturated rings. The van der Waals surface area contributed by atoms with Gasteiger partial charge in [-0.2, -0.15) is 0 Å². The zero-order valence-corrected chi connectivity index (χ0v) is 15.6. The first-order valence-corrected chi connectivity index (χ1v) is 9.10. The highest BCUT2D eigenvalue weighted by Gasteiger charge is 2.25. The lowest BCUT2D eigenvalue weighted by atomic mass is 10.1. The average Bonchev–Trinajstić information content (AvgIpc) is 2.68. The van der Waals surface area contributed by atoms with Crippen molar-refractivity contribution in [2.24, 2.45) is 0 Å². The summed E-state index contributed by atoms with van der Waals surface area (Å²) >= 11 is 0. The monoisotopic (exact) mass is 369 g/mol. The summed E-state index contributed by atoms with van der Waals surface area (Å²) in [5.41, 5.74) is 2.20. The smallest absolute Gasteiger partial charge is 0.241 e. The standard InChI is InChI=1S/C21H24FN3O2/c1-15(21(27)23-19-5-3-4-17(14-19)16(2)26)24-10-12-25(13-11-24)20-8-6-18(22)7-9-20/h3-9,14-15H,10-13H2,1-2H3,(H,23,27)/t15-/m1/s1. The van der Waals surface area contributed by atoms with Crippen LogP contribution < -0.4 is 10.2 Å². The molecule has 0 aromatic heterocycles. The van der Waals surface area contributed by atoms with Crippen molar-refractivity contribution < 1.29 is 14.0 Å². The SMILES string of the molecule is CC(=O)c1cccc(NC(=O)[C@@H](C)N2CCN(c3ccc(F)cc3)CC2)c1. The Hall–Kier alpha value is -2.73. The molecular weight excluding hydrogens is 345 g/mol. The summed E-state index contributed by atoms with van der Waals surface area (Å²) in [4.78, 5) is 28.4. The van der Waals surface area contributed by atoms with E-state index in [4.69, 9.17) is 0 Å². The molecule has 1 aliphatic rings. The van der Waals surface area contributed by atoms with E-state index in [1.165, 1.54) is 19.1 Å². The highest BCUT2D eigenvalue weighted by Crippen LogP contribution is 2.18. The molecule has 2 aromatic rings. The van der Waals surface area contributed by atoms with Crippen molar-refractivity contribution in [2.75, 3.05) is 36.4 Å². The van der Waals surface area contributed by atoms with E-state index in [9.17, 15) is 14.0 Å². The molecule has 0 radical (unpaired) electrons. The second kappa shape index (κ2) is 8.31. The number of nitrogens with one attached hydrogen (secondary N) is 1. The number of rotatable bonds is 5. The molecule has 0 aliphatic carbocycles. The van der Waals surface area contributed by atoms with Crippen LogP contribution in [-0.4, -0.2) is 48.8 Å². The van der Waals surface area contributed by atoms with E-state index in [0.717, 1.165) is 31.9 Å². The second-order valence-electron chi connectivity index (χ2n) is 6.80. The number of anilines is 2. The number of carbonyl (C=O) groups excluding carboxylic acids is 2. The van der Waals surface area contributed by atoms with Crippen molar-refractivity contribution in [2.45, 2.75) is 19.9 Å². The maximum absolute atomic E-state index is 13.1. The van der Waals surface area contributed by atoms with Gasteiger partial charge in [-0.1, -0.05) is 12.1 Å². The Morgan fingerprint density at radius 2 is 1.70 bits per heavy atom. The molecule has 5 nitrogen and oxygen atoms in total. The summed E-state index contributed by atoms with van der Waals surface area (Å²) in [5.74, 6) is -0.362. The summed E-state index contributed by atoms with van der Waals surface area (Å²) < 4.78 is 13.1. The third-order valence-corrected chi connectivity index (χ3v) is 4.97. The molecule has 1 heterocycles. The molecule has 0 unspecified atom stereocenters. The third kappa shape index (κ3) is 4.71. The molecule has 6 heteroatoms. The maximum atomic E-state index is 13.1. The number of Topliss-reactive ketones (excluding diaryl/α,β-unsaturated/α-hetero) is 1. The van der Waals surface area contributed by atoms with Crippen LogP contribution in [0.3, 0.4) is 0 Å². The molecule has 1 amide bonds. The first-order chi connectivity index (χ1) is 12.9. The molecule has 1 saturated heterocycles. The number of nitrogens with zero attached hydrogens (tertiary/aromatic N) is 2.